The van der Waals surface area contributed by atoms with Gasteiger partial charge >= 0.3 is 5.97 Å². The number of nitrogens with zero attached hydrogens (tertiary/aromatic N) is 1. The Hall–Kier alpha value is -3.00. The van der Waals surface area contributed by atoms with Crippen LogP contribution in [-0.4, -0.2) is 41.2 Å². The number of anilines is 1. The van der Waals surface area contributed by atoms with Crippen LogP contribution in [0.2, 0.25) is 0 Å². The molecule has 2 aliphatic rings. The zero-order valence-corrected chi connectivity index (χ0v) is 19.9. The number of nitrogens with one attached hydrogen (secondary N) is 1. The highest BCUT2D eigenvalue weighted by atomic mass is 32.1. The smallest absolute Gasteiger partial charge is 0.341 e. The van der Waals surface area contributed by atoms with Crippen molar-refractivity contribution in [3.05, 3.63) is 51.4 Å². The first-order valence-corrected chi connectivity index (χ1v) is 12.2. The van der Waals surface area contributed by atoms with E-state index in [9.17, 15) is 19.2 Å². The minimum atomic E-state index is -0.966. The predicted molar refractivity (Wildman–Crippen MR) is 126 cm³/mol. The quantitative estimate of drug-likeness (QED) is 0.456. The van der Waals surface area contributed by atoms with Crippen LogP contribution in [-0.2, 0) is 22.4 Å². The van der Waals surface area contributed by atoms with E-state index in [2.05, 4.69) is 5.32 Å². The molecule has 0 fully saturated rings. The number of hydrogen-bond donors (Lipinski definition) is 1. The van der Waals surface area contributed by atoms with Crippen molar-refractivity contribution < 1.29 is 23.9 Å². The highest BCUT2D eigenvalue weighted by Gasteiger charge is 2.43. The van der Waals surface area contributed by atoms with E-state index in [-0.39, 0.29) is 12.5 Å². The molecule has 1 aliphatic heterocycles. The Kier molecular flexibility index (Phi) is 6.65. The van der Waals surface area contributed by atoms with Gasteiger partial charge in [0.25, 0.3) is 11.8 Å². The van der Waals surface area contributed by atoms with Crippen molar-refractivity contribution in [3.8, 4) is 0 Å². The maximum Gasteiger partial charge on any atom is 0.341 e. The van der Waals surface area contributed by atoms with Crippen molar-refractivity contribution in [1.82, 2.24) is 4.90 Å². The van der Waals surface area contributed by atoms with Crippen LogP contribution in [0.4, 0.5) is 5.00 Å². The van der Waals surface area contributed by atoms with E-state index in [0.29, 0.717) is 34.5 Å². The maximum absolute atomic E-state index is 13.5. The molecule has 3 amide bonds. The lowest BCUT2D eigenvalue weighted by Gasteiger charge is -2.26. The van der Waals surface area contributed by atoms with Gasteiger partial charge in [-0.25, -0.2) is 4.79 Å². The van der Waals surface area contributed by atoms with Gasteiger partial charge in [-0.1, -0.05) is 26.0 Å². The van der Waals surface area contributed by atoms with Gasteiger partial charge in [0.1, 0.15) is 11.0 Å². The van der Waals surface area contributed by atoms with Crippen molar-refractivity contribution in [2.75, 3.05) is 11.9 Å². The molecule has 7 nitrogen and oxygen atoms in total. The number of hydrogen-bond acceptors (Lipinski definition) is 6. The number of benzene rings is 1. The molecule has 1 aliphatic carbocycles. The van der Waals surface area contributed by atoms with E-state index >= 15 is 0 Å². The Balaban J connectivity index is 1.65. The van der Waals surface area contributed by atoms with Gasteiger partial charge in [-0.2, -0.15) is 0 Å². The number of carbonyl (C=O) groups excluding carboxylic acids is 4. The average molecular weight is 469 g/mol. The predicted octanol–water partition coefficient (Wildman–Crippen LogP) is 4.45. The van der Waals surface area contributed by atoms with Gasteiger partial charge in [0.15, 0.2) is 0 Å². The van der Waals surface area contributed by atoms with E-state index < -0.39 is 29.7 Å². The van der Waals surface area contributed by atoms with E-state index in [1.807, 2.05) is 13.8 Å². The molecule has 0 saturated heterocycles. The van der Waals surface area contributed by atoms with E-state index in [4.69, 9.17) is 4.74 Å². The minimum absolute atomic E-state index is 0.239. The van der Waals surface area contributed by atoms with Crippen LogP contribution >= 0.6 is 11.3 Å². The summed E-state index contributed by atoms with van der Waals surface area (Å²) >= 11 is 1.38. The normalized spacial score (nSPS) is 15.6. The number of esters is 1. The van der Waals surface area contributed by atoms with Gasteiger partial charge < -0.3 is 10.1 Å². The van der Waals surface area contributed by atoms with Crippen molar-refractivity contribution in [1.29, 1.82) is 0 Å². The summed E-state index contributed by atoms with van der Waals surface area (Å²) in [6.45, 7) is 6.04. The third kappa shape index (κ3) is 4.31. The SMILES string of the molecule is CCOC(=O)c1c(NC(=O)C(CCC(C)C)N2C(=O)c3ccccc3C2=O)sc2c1CCC2. The van der Waals surface area contributed by atoms with Crippen LogP contribution in [0.1, 0.15) is 81.5 Å². The first-order chi connectivity index (χ1) is 15.8. The Labute approximate surface area is 197 Å². The number of amides is 3. The van der Waals surface area contributed by atoms with Gasteiger partial charge in [-0.05, 0) is 62.6 Å². The van der Waals surface area contributed by atoms with E-state index in [0.717, 1.165) is 34.6 Å². The van der Waals surface area contributed by atoms with Crippen molar-refractivity contribution in [2.24, 2.45) is 5.92 Å². The number of aryl methyl sites for hydroxylation is 1. The first-order valence-electron chi connectivity index (χ1n) is 11.4. The van der Waals surface area contributed by atoms with Crippen LogP contribution in [0.25, 0.3) is 0 Å². The highest BCUT2D eigenvalue weighted by molar-refractivity contribution is 7.17. The number of carbonyl (C=O) groups is 4. The summed E-state index contributed by atoms with van der Waals surface area (Å²) in [4.78, 5) is 54.5. The fourth-order valence-corrected chi connectivity index (χ4v) is 5.75. The lowest BCUT2D eigenvalue weighted by Crippen LogP contribution is -2.47. The van der Waals surface area contributed by atoms with Gasteiger partial charge in [0, 0.05) is 4.88 Å². The zero-order valence-electron chi connectivity index (χ0n) is 19.1. The standard InChI is InChI=1S/C25H28N2O5S/c1-4-32-25(31)20-17-10-7-11-19(17)33-22(20)26-21(28)18(13-12-14(2)3)27-23(29)15-8-5-6-9-16(15)24(27)30/h5-6,8-9,14,18H,4,7,10-13H2,1-3H3,(H,26,28). The van der Waals surface area contributed by atoms with Crippen LogP contribution in [0, 0.1) is 5.92 Å². The summed E-state index contributed by atoms with van der Waals surface area (Å²) in [5.74, 6) is -1.55. The first kappa shape index (κ1) is 23.2. The van der Waals surface area contributed by atoms with Crippen LogP contribution in [0.5, 0.6) is 0 Å². The van der Waals surface area contributed by atoms with Crippen LogP contribution in [0.3, 0.4) is 0 Å². The van der Waals surface area contributed by atoms with Crippen molar-refractivity contribution in [3.63, 3.8) is 0 Å². The molecule has 4 rings (SSSR count). The molecule has 1 N–H and O–H groups in total. The number of thiophene rings is 1. The number of fused-ring (bicyclic) bond motifs is 2. The Bertz CT molecular complexity index is 1080. The fourth-order valence-electron chi connectivity index (χ4n) is 4.47. The third-order valence-electron chi connectivity index (χ3n) is 6.09. The topological polar surface area (TPSA) is 92.8 Å². The lowest BCUT2D eigenvalue weighted by molar-refractivity contribution is -0.120. The van der Waals surface area contributed by atoms with Gasteiger partial charge in [-0.15, -0.1) is 11.3 Å². The number of rotatable bonds is 8. The molecule has 0 saturated carbocycles. The second-order valence-electron chi connectivity index (χ2n) is 8.78. The molecule has 1 aromatic carbocycles. The number of imide groups is 1. The van der Waals surface area contributed by atoms with Crippen molar-refractivity contribution >= 4 is 40.0 Å². The molecular weight excluding hydrogens is 440 g/mol. The summed E-state index contributed by atoms with van der Waals surface area (Å²) in [5, 5.41) is 3.32. The molecule has 1 unspecified atom stereocenters. The zero-order chi connectivity index (χ0) is 23.7. The maximum atomic E-state index is 13.5. The molecule has 174 valence electrons. The Morgan fingerprint density at radius 1 is 1.09 bits per heavy atom. The molecular formula is C25H28N2O5S. The summed E-state index contributed by atoms with van der Waals surface area (Å²) < 4.78 is 5.25. The van der Waals surface area contributed by atoms with Crippen LogP contribution in [0.15, 0.2) is 24.3 Å². The second kappa shape index (κ2) is 9.47. The van der Waals surface area contributed by atoms with E-state index in [1.54, 1.807) is 31.2 Å². The van der Waals surface area contributed by atoms with Gasteiger partial charge in [0.2, 0.25) is 5.91 Å². The highest BCUT2D eigenvalue weighted by Crippen LogP contribution is 2.40. The summed E-state index contributed by atoms with van der Waals surface area (Å²) in [5.41, 5.74) is 1.97. The molecule has 33 heavy (non-hydrogen) atoms. The summed E-state index contributed by atoms with van der Waals surface area (Å²) in [6, 6.07) is 5.66. The largest absolute Gasteiger partial charge is 0.462 e. The Morgan fingerprint density at radius 3 is 2.36 bits per heavy atom. The second-order valence-corrected chi connectivity index (χ2v) is 9.89. The average Bonchev–Trinajstić information content (AvgIpc) is 3.42. The third-order valence-corrected chi connectivity index (χ3v) is 7.30. The molecule has 1 atom stereocenters. The fraction of sp³-hybridized carbons (Fsp3) is 0.440. The molecule has 0 bridgehead atoms. The van der Waals surface area contributed by atoms with Gasteiger partial charge in [-0.3, -0.25) is 19.3 Å². The molecule has 1 aromatic heterocycles. The molecule has 2 heterocycles. The van der Waals surface area contributed by atoms with Crippen molar-refractivity contribution in [2.45, 2.75) is 58.9 Å². The van der Waals surface area contributed by atoms with Crippen LogP contribution < -0.4 is 5.32 Å². The lowest BCUT2D eigenvalue weighted by atomic mass is 10.0. The number of ether oxygens (including phenoxy) is 1. The van der Waals surface area contributed by atoms with E-state index in [1.165, 1.54) is 11.3 Å². The monoisotopic (exact) mass is 468 g/mol. The molecule has 2 aromatic rings. The summed E-state index contributed by atoms with van der Waals surface area (Å²) in [6.07, 6.45) is 3.60. The Morgan fingerprint density at radius 2 is 1.76 bits per heavy atom. The summed E-state index contributed by atoms with van der Waals surface area (Å²) in [7, 11) is 0. The van der Waals surface area contributed by atoms with Gasteiger partial charge in [0.05, 0.1) is 23.3 Å². The molecule has 8 heteroatoms. The molecule has 0 radical (unpaired) electrons. The molecule has 0 spiro atoms. The minimum Gasteiger partial charge on any atom is -0.462 e.